The van der Waals surface area contributed by atoms with Crippen LogP contribution in [0.4, 0.5) is 4.79 Å². The van der Waals surface area contributed by atoms with Crippen molar-refractivity contribution in [1.29, 1.82) is 0 Å². The smallest absolute Gasteiger partial charge is 0.407 e. The van der Waals surface area contributed by atoms with E-state index in [4.69, 9.17) is 4.74 Å². The molecule has 172 valence electrons. The van der Waals surface area contributed by atoms with E-state index in [9.17, 15) is 14.7 Å². The molecule has 9 heteroatoms. The monoisotopic (exact) mass is 529 g/mol. The van der Waals surface area contributed by atoms with Gasteiger partial charge in [0.25, 0.3) is 0 Å². The van der Waals surface area contributed by atoms with Crippen LogP contribution in [0.15, 0.2) is 53.0 Å². The fourth-order valence-electron chi connectivity index (χ4n) is 4.07. The number of nitrogens with one attached hydrogen (secondary N) is 1. The van der Waals surface area contributed by atoms with E-state index in [-0.39, 0.29) is 18.3 Å². The molecule has 0 aliphatic heterocycles. The van der Waals surface area contributed by atoms with Gasteiger partial charge in [-0.15, -0.1) is 0 Å². The summed E-state index contributed by atoms with van der Waals surface area (Å²) in [4.78, 5) is 24.1. The third kappa shape index (κ3) is 4.94. The Balaban J connectivity index is 1.35. The predicted molar refractivity (Wildman–Crippen MR) is 131 cm³/mol. The Morgan fingerprint density at radius 2 is 1.79 bits per heavy atom. The summed E-state index contributed by atoms with van der Waals surface area (Å²) in [5, 5.41) is 16.4. The zero-order chi connectivity index (χ0) is 23.5. The summed E-state index contributed by atoms with van der Waals surface area (Å²) in [7, 11) is 1.84. The van der Waals surface area contributed by atoms with Crippen molar-refractivity contribution in [3.8, 4) is 11.1 Å². The lowest BCUT2D eigenvalue weighted by molar-refractivity contribution is -0.138. The molecule has 2 N–H and O–H groups in total. The van der Waals surface area contributed by atoms with Crippen LogP contribution in [0.3, 0.4) is 0 Å². The number of rotatable bonds is 8. The van der Waals surface area contributed by atoms with Crippen molar-refractivity contribution >= 4 is 39.8 Å². The van der Waals surface area contributed by atoms with Crippen LogP contribution in [0, 0.1) is 6.92 Å². The van der Waals surface area contributed by atoms with Crippen LogP contribution in [0.2, 0.25) is 0 Å². The number of nitrogens with zero attached hydrogens (tertiary/aromatic N) is 2. The van der Waals surface area contributed by atoms with Crippen molar-refractivity contribution in [1.82, 2.24) is 15.1 Å². The number of fused-ring (bicyclic) bond motifs is 3. The molecule has 4 rings (SSSR count). The van der Waals surface area contributed by atoms with Crippen LogP contribution < -0.4 is 5.32 Å². The number of thioether (sulfide) groups is 1. The quantitative estimate of drug-likeness (QED) is 0.438. The lowest BCUT2D eigenvalue weighted by Gasteiger charge is -2.17. The highest BCUT2D eigenvalue weighted by Crippen LogP contribution is 2.44. The van der Waals surface area contributed by atoms with Gasteiger partial charge in [-0.3, -0.25) is 4.68 Å². The molecule has 0 saturated heterocycles. The summed E-state index contributed by atoms with van der Waals surface area (Å²) in [5.41, 5.74) is 6.32. The third-order valence-electron chi connectivity index (χ3n) is 5.72. The first-order chi connectivity index (χ1) is 15.9. The second-order valence-electron chi connectivity index (χ2n) is 7.85. The molecular weight excluding hydrogens is 506 g/mol. The van der Waals surface area contributed by atoms with E-state index in [0.29, 0.717) is 5.75 Å². The zero-order valence-electron chi connectivity index (χ0n) is 18.2. The van der Waals surface area contributed by atoms with Gasteiger partial charge in [-0.05, 0) is 45.1 Å². The fourth-order valence-corrected chi connectivity index (χ4v) is 5.83. The van der Waals surface area contributed by atoms with Gasteiger partial charge in [-0.1, -0.05) is 48.5 Å². The Kier molecular flexibility index (Phi) is 7.09. The second-order valence-corrected chi connectivity index (χ2v) is 9.67. The van der Waals surface area contributed by atoms with Gasteiger partial charge in [-0.2, -0.15) is 16.9 Å². The van der Waals surface area contributed by atoms with Gasteiger partial charge in [0.2, 0.25) is 0 Å². The summed E-state index contributed by atoms with van der Waals surface area (Å²) in [6, 6.07) is 15.1. The van der Waals surface area contributed by atoms with Crippen LogP contribution in [-0.4, -0.2) is 45.4 Å². The summed E-state index contributed by atoms with van der Waals surface area (Å²) < 4.78 is 8.16. The van der Waals surface area contributed by atoms with Crippen molar-refractivity contribution in [2.24, 2.45) is 7.05 Å². The molecule has 1 aromatic heterocycles. The molecule has 0 radical (unpaired) electrons. The molecule has 1 amide bonds. The van der Waals surface area contributed by atoms with Gasteiger partial charge in [0.15, 0.2) is 0 Å². The van der Waals surface area contributed by atoms with Crippen molar-refractivity contribution in [3.63, 3.8) is 0 Å². The number of hydrogen-bond acceptors (Lipinski definition) is 5. The average Bonchev–Trinajstić information content (AvgIpc) is 3.25. The molecule has 0 bridgehead atoms. The van der Waals surface area contributed by atoms with Crippen molar-refractivity contribution in [2.75, 3.05) is 12.4 Å². The van der Waals surface area contributed by atoms with E-state index >= 15 is 0 Å². The summed E-state index contributed by atoms with van der Waals surface area (Å²) >= 11 is 4.92. The third-order valence-corrected chi connectivity index (χ3v) is 7.80. The predicted octanol–water partition coefficient (Wildman–Crippen LogP) is 4.72. The lowest BCUT2D eigenvalue weighted by Crippen LogP contribution is -2.43. The molecule has 2 aromatic carbocycles. The molecule has 33 heavy (non-hydrogen) atoms. The minimum Gasteiger partial charge on any atom is -0.480 e. The number of carboxylic acids is 1. The maximum absolute atomic E-state index is 12.5. The van der Waals surface area contributed by atoms with Crippen LogP contribution in [0.25, 0.3) is 11.1 Å². The summed E-state index contributed by atoms with van der Waals surface area (Å²) in [5.74, 6) is -0.410. The van der Waals surface area contributed by atoms with Gasteiger partial charge in [0.1, 0.15) is 12.6 Å². The molecule has 0 fully saturated rings. The number of aryl methyl sites for hydroxylation is 2. The minimum atomic E-state index is -1.10. The normalized spacial score (nSPS) is 13.3. The number of aromatic nitrogens is 2. The Morgan fingerprint density at radius 3 is 2.33 bits per heavy atom. The molecule has 1 aliphatic rings. The number of amides is 1. The van der Waals surface area contributed by atoms with Crippen LogP contribution in [0.1, 0.15) is 28.4 Å². The first-order valence-electron chi connectivity index (χ1n) is 10.5. The second kappa shape index (κ2) is 10.0. The summed E-state index contributed by atoms with van der Waals surface area (Å²) in [6.45, 7) is 2.04. The van der Waals surface area contributed by atoms with Crippen LogP contribution in [0.5, 0.6) is 0 Å². The van der Waals surface area contributed by atoms with Crippen LogP contribution >= 0.6 is 27.7 Å². The molecule has 1 atom stereocenters. The molecule has 3 aromatic rings. The molecule has 1 unspecified atom stereocenters. The lowest BCUT2D eigenvalue weighted by atomic mass is 9.98. The van der Waals surface area contributed by atoms with E-state index in [2.05, 4.69) is 38.5 Å². The first kappa shape index (κ1) is 23.4. The zero-order valence-corrected chi connectivity index (χ0v) is 20.6. The fraction of sp³-hybridized carbons (Fsp3) is 0.292. The Bertz CT molecular complexity index is 1150. The maximum Gasteiger partial charge on any atom is 0.407 e. The number of hydrogen-bond donors (Lipinski definition) is 2. The van der Waals surface area contributed by atoms with Gasteiger partial charge in [0.05, 0.1) is 15.9 Å². The molecule has 1 heterocycles. The molecule has 1 aliphatic carbocycles. The SMILES string of the molecule is Cc1nn(C)c(CSCC(NC(=O)OCC2c3ccccc3-c3ccccc32)C(=O)O)c1Br. The molecule has 7 nitrogen and oxygen atoms in total. The van der Waals surface area contributed by atoms with E-state index in [1.54, 1.807) is 4.68 Å². The first-order valence-corrected chi connectivity index (χ1v) is 12.4. The van der Waals surface area contributed by atoms with E-state index in [1.807, 2.05) is 50.4 Å². The highest BCUT2D eigenvalue weighted by atomic mass is 79.9. The number of carbonyl (C=O) groups excluding carboxylic acids is 1. The standard InChI is InChI=1S/C24H24BrN3O4S/c1-14-22(25)21(28(2)27-14)13-33-12-20(23(29)30)26-24(31)32-11-19-17-9-5-3-7-15(17)16-8-4-6-10-18(16)19/h3-10,19-20H,11-13H2,1-2H3,(H,26,31)(H,29,30). The van der Waals surface area contributed by atoms with Crippen molar-refractivity contribution in [2.45, 2.75) is 24.6 Å². The number of alkyl carbamates (subject to hydrolysis) is 1. The molecule has 0 spiro atoms. The number of benzene rings is 2. The highest BCUT2D eigenvalue weighted by molar-refractivity contribution is 9.10. The van der Waals surface area contributed by atoms with Crippen LogP contribution in [-0.2, 0) is 22.3 Å². The Morgan fingerprint density at radius 1 is 1.18 bits per heavy atom. The Labute approximate surface area is 204 Å². The average molecular weight is 530 g/mol. The Hall–Kier alpha value is -2.78. The van der Waals surface area contributed by atoms with E-state index in [0.717, 1.165) is 38.1 Å². The number of aliphatic carboxylic acids is 1. The number of carbonyl (C=O) groups is 2. The number of halogens is 1. The summed E-state index contributed by atoms with van der Waals surface area (Å²) in [6.07, 6.45) is -0.734. The van der Waals surface area contributed by atoms with E-state index in [1.165, 1.54) is 11.8 Å². The molecular formula is C24H24BrN3O4S. The van der Waals surface area contributed by atoms with Gasteiger partial charge >= 0.3 is 12.1 Å². The number of carboxylic acid groups (broad SMARTS) is 1. The van der Waals surface area contributed by atoms with E-state index < -0.39 is 18.1 Å². The topological polar surface area (TPSA) is 93.5 Å². The minimum absolute atomic E-state index is 0.0776. The van der Waals surface area contributed by atoms with Gasteiger partial charge in [-0.25, -0.2) is 9.59 Å². The largest absolute Gasteiger partial charge is 0.480 e. The van der Waals surface area contributed by atoms with Gasteiger partial charge < -0.3 is 15.2 Å². The van der Waals surface area contributed by atoms with Crippen molar-refractivity contribution < 1.29 is 19.4 Å². The maximum atomic E-state index is 12.5. The van der Waals surface area contributed by atoms with Crippen molar-refractivity contribution in [3.05, 3.63) is 75.5 Å². The molecule has 0 saturated carbocycles. The highest BCUT2D eigenvalue weighted by Gasteiger charge is 2.29. The van der Waals surface area contributed by atoms with Gasteiger partial charge in [0, 0.05) is 24.5 Å². The number of ether oxygens (including phenoxy) is 1.